The normalized spacial score (nSPS) is 12.4. The Morgan fingerprint density at radius 2 is 2.17 bits per heavy atom. The molecule has 1 atom stereocenters. The minimum Gasteiger partial charge on any atom is -0.480 e. The third kappa shape index (κ3) is 3.87. The third-order valence-corrected chi connectivity index (χ3v) is 2.72. The molecule has 0 aliphatic rings. The number of carbonyl (C=O) groups excluding carboxylic acids is 1. The standard InChI is InChI=1S/C12H18N2O4/c1-7(2)11(12(16)17)13-10(15)5-4-9-6-18-14-8(9)3/h6-7,11H,4-5H2,1-3H3,(H,13,15)(H,16,17)/t11-/m0/s1. The van der Waals surface area contributed by atoms with E-state index in [2.05, 4.69) is 10.5 Å². The van der Waals surface area contributed by atoms with Crippen molar-refractivity contribution < 1.29 is 19.2 Å². The maximum atomic E-state index is 11.6. The summed E-state index contributed by atoms with van der Waals surface area (Å²) in [5.41, 5.74) is 1.61. The maximum Gasteiger partial charge on any atom is 0.326 e. The van der Waals surface area contributed by atoms with Crippen LogP contribution in [0.5, 0.6) is 0 Å². The van der Waals surface area contributed by atoms with Gasteiger partial charge in [-0.15, -0.1) is 0 Å². The first-order valence-electron chi connectivity index (χ1n) is 5.83. The molecule has 1 rings (SSSR count). The van der Waals surface area contributed by atoms with Crippen molar-refractivity contribution in [2.24, 2.45) is 5.92 Å². The third-order valence-electron chi connectivity index (χ3n) is 2.72. The highest BCUT2D eigenvalue weighted by molar-refractivity contribution is 5.83. The molecule has 1 aromatic rings. The van der Waals surface area contributed by atoms with Crippen molar-refractivity contribution in [1.82, 2.24) is 10.5 Å². The van der Waals surface area contributed by atoms with E-state index in [0.29, 0.717) is 6.42 Å². The van der Waals surface area contributed by atoms with Gasteiger partial charge in [0.2, 0.25) is 5.91 Å². The smallest absolute Gasteiger partial charge is 0.326 e. The lowest BCUT2D eigenvalue weighted by Gasteiger charge is -2.17. The second-order valence-electron chi connectivity index (χ2n) is 4.55. The van der Waals surface area contributed by atoms with Crippen LogP contribution in [0.25, 0.3) is 0 Å². The second-order valence-corrected chi connectivity index (χ2v) is 4.55. The monoisotopic (exact) mass is 254 g/mol. The van der Waals surface area contributed by atoms with Gasteiger partial charge in [-0.3, -0.25) is 4.79 Å². The van der Waals surface area contributed by atoms with Crippen molar-refractivity contribution in [1.29, 1.82) is 0 Å². The lowest BCUT2D eigenvalue weighted by atomic mass is 10.0. The van der Waals surface area contributed by atoms with E-state index >= 15 is 0 Å². The molecule has 1 amide bonds. The number of carboxylic acids is 1. The number of carboxylic acid groups (broad SMARTS) is 1. The lowest BCUT2D eigenvalue weighted by Crippen LogP contribution is -2.44. The van der Waals surface area contributed by atoms with E-state index in [0.717, 1.165) is 11.3 Å². The van der Waals surface area contributed by atoms with E-state index in [1.54, 1.807) is 20.8 Å². The van der Waals surface area contributed by atoms with Crippen LogP contribution in [-0.2, 0) is 16.0 Å². The number of aryl methyl sites for hydroxylation is 2. The molecule has 1 heterocycles. The van der Waals surface area contributed by atoms with Crippen molar-refractivity contribution in [3.8, 4) is 0 Å². The zero-order valence-electron chi connectivity index (χ0n) is 10.8. The zero-order valence-corrected chi connectivity index (χ0v) is 10.8. The molecule has 0 bridgehead atoms. The van der Waals surface area contributed by atoms with Gasteiger partial charge in [0.15, 0.2) is 0 Å². The Morgan fingerprint density at radius 1 is 1.50 bits per heavy atom. The van der Waals surface area contributed by atoms with E-state index in [-0.39, 0.29) is 18.2 Å². The van der Waals surface area contributed by atoms with Gasteiger partial charge < -0.3 is 14.9 Å². The number of aliphatic carboxylic acids is 1. The molecule has 6 nitrogen and oxygen atoms in total. The largest absolute Gasteiger partial charge is 0.480 e. The van der Waals surface area contributed by atoms with Crippen molar-refractivity contribution >= 4 is 11.9 Å². The molecular weight excluding hydrogens is 236 g/mol. The Kier molecular flexibility index (Phi) is 4.88. The van der Waals surface area contributed by atoms with E-state index in [1.165, 1.54) is 6.26 Å². The number of aromatic nitrogens is 1. The van der Waals surface area contributed by atoms with Crippen LogP contribution in [0.15, 0.2) is 10.8 Å². The molecular formula is C12H18N2O4. The first-order valence-corrected chi connectivity index (χ1v) is 5.83. The number of nitrogens with one attached hydrogen (secondary N) is 1. The SMILES string of the molecule is Cc1nocc1CCC(=O)N[C@H](C(=O)O)C(C)C. The van der Waals surface area contributed by atoms with Crippen LogP contribution < -0.4 is 5.32 Å². The molecule has 0 radical (unpaired) electrons. The van der Waals surface area contributed by atoms with Gasteiger partial charge in [-0.25, -0.2) is 4.79 Å². The molecule has 0 aliphatic carbocycles. The molecule has 0 aromatic carbocycles. The van der Waals surface area contributed by atoms with Crippen molar-refractivity contribution in [3.63, 3.8) is 0 Å². The van der Waals surface area contributed by atoms with E-state index in [9.17, 15) is 9.59 Å². The highest BCUT2D eigenvalue weighted by atomic mass is 16.5. The number of nitrogens with zero attached hydrogens (tertiary/aromatic N) is 1. The van der Waals surface area contributed by atoms with Gasteiger partial charge in [-0.2, -0.15) is 0 Å². The number of carbonyl (C=O) groups is 2. The molecule has 0 spiro atoms. The molecule has 6 heteroatoms. The van der Waals surface area contributed by atoms with Gasteiger partial charge in [0.25, 0.3) is 0 Å². The van der Waals surface area contributed by atoms with Gasteiger partial charge in [0.05, 0.1) is 5.69 Å². The first-order chi connectivity index (χ1) is 8.41. The Hall–Kier alpha value is -1.85. The summed E-state index contributed by atoms with van der Waals surface area (Å²) in [6.07, 6.45) is 2.21. The number of hydrogen-bond donors (Lipinski definition) is 2. The zero-order chi connectivity index (χ0) is 13.7. The van der Waals surface area contributed by atoms with Crippen LogP contribution in [-0.4, -0.2) is 28.2 Å². The average molecular weight is 254 g/mol. The Balaban J connectivity index is 2.46. The summed E-state index contributed by atoms with van der Waals surface area (Å²) in [6.45, 7) is 5.30. The predicted molar refractivity (Wildman–Crippen MR) is 64.0 cm³/mol. The summed E-state index contributed by atoms with van der Waals surface area (Å²) in [6, 6.07) is -0.846. The van der Waals surface area contributed by atoms with E-state index < -0.39 is 12.0 Å². The molecule has 0 saturated heterocycles. The van der Waals surface area contributed by atoms with Gasteiger partial charge in [-0.1, -0.05) is 19.0 Å². The minimum atomic E-state index is -1.01. The van der Waals surface area contributed by atoms with Crippen LogP contribution in [0.4, 0.5) is 0 Å². The van der Waals surface area contributed by atoms with E-state index in [1.807, 2.05) is 0 Å². The van der Waals surface area contributed by atoms with Gasteiger partial charge in [0, 0.05) is 12.0 Å². The molecule has 2 N–H and O–H groups in total. The van der Waals surface area contributed by atoms with Gasteiger partial charge in [0.1, 0.15) is 12.3 Å². The average Bonchev–Trinajstić information content (AvgIpc) is 2.68. The summed E-state index contributed by atoms with van der Waals surface area (Å²) in [5.74, 6) is -1.44. The summed E-state index contributed by atoms with van der Waals surface area (Å²) in [7, 11) is 0. The van der Waals surface area contributed by atoms with Crippen LogP contribution >= 0.6 is 0 Å². The molecule has 0 unspecified atom stereocenters. The maximum absolute atomic E-state index is 11.6. The van der Waals surface area contributed by atoms with Gasteiger partial charge in [-0.05, 0) is 19.3 Å². The van der Waals surface area contributed by atoms with Crippen molar-refractivity contribution in [3.05, 3.63) is 17.5 Å². The second kappa shape index (κ2) is 6.18. The molecule has 0 saturated carbocycles. The Bertz CT molecular complexity index is 425. The summed E-state index contributed by atoms with van der Waals surface area (Å²) < 4.78 is 4.76. The predicted octanol–water partition coefficient (Wildman–Crippen LogP) is 1.14. The lowest BCUT2D eigenvalue weighted by molar-refractivity contribution is -0.143. The fourth-order valence-electron chi connectivity index (χ4n) is 1.56. The van der Waals surface area contributed by atoms with E-state index in [4.69, 9.17) is 9.63 Å². The molecule has 100 valence electrons. The number of hydrogen-bond acceptors (Lipinski definition) is 4. The number of rotatable bonds is 6. The summed E-state index contributed by atoms with van der Waals surface area (Å²) >= 11 is 0. The Morgan fingerprint density at radius 3 is 2.61 bits per heavy atom. The van der Waals surface area contributed by atoms with Crippen molar-refractivity contribution in [2.75, 3.05) is 0 Å². The topological polar surface area (TPSA) is 92.4 Å². The first kappa shape index (κ1) is 14.2. The quantitative estimate of drug-likeness (QED) is 0.794. The number of amides is 1. The van der Waals surface area contributed by atoms with Crippen LogP contribution in [0.2, 0.25) is 0 Å². The Labute approximate surface area is 105 Å². The minimum absolute atomic E-state index is 0.149. The van der Waals surface area contributed by atoms with Crippen molar-refractivity contribution in [2.45, 2.75) is 39.7 Å². The molecule has 18 heavy (non-hydrogen) atoms. The van der Waals surface area contributed by atoms with Crippen LogP contribution in [0.1, 0.15) is 31.5 Å². The summed E-state index contributed by atoms with van der Waals surface area (Å²) in [4.78, 5) is 22.6. The fourth-order valence-corrected chi connectivity index (χ4v) is 1.56. The molecule has 0 fully saturated rings. The highest BCUT2D eigenvalue weighted by Crippen LogP contribution is 2.08. The molecule has 0 aliphatic heterocycles. The highest BCUT2D eigenvalue weighted by Gasteiger charge is 2.23. The van der Waals surface area contributed by atoms with Crippen LogP contribution in [0.3, 0.4) is 0 Å². The van der Waals surface area contributed by atoms with Gasteiger partial charge >= 0.3 is 5.97 Å². The molecule has 1 aromatic heterocycles. The van der Waals surface area contributed by atoms with Crippen LogP contribution in [0, 0.1) is 12.8 Å². The summed E-state index contributed by atoms with van der Waals surface area (Å²) in [5, 5.41) is 15.2. The fraction of sp³-hybridized carbons (Fsp3) is 0.583.